The zero-order chi connectivity index (χ0) is 12.4. The highest BCUT2D eigenvalue weighted by atomic mass is 79.9. The van der Waals surface area contributed by atoms with Gasteiger partial charge in [-0.05, 0) is 18.1 Å². The van der Waals surface area contributed by atoms with Crippen LogP contribution in [-0.2, 0) is 5.33 Å². The lowest BCUT2D eigenvalue weighted by Crippen LogP contribution is -1.95. The average molecular weight is 288 g/mol. The molecule has 2 aliphatic rings. The van der Waals surface area contributed by atoms with Gasteiger partial charge in [-0.1, -0.05) is 46.3 Å². The monoisotopic (exact) mass is 287 g/mol. The van der Waals surface area contributed by atoms with Crippen molar-refractivity contribution in [2.24, 2.45) is 0 Å². The predicted molar refractivity (Wildman–Crippen MR) is 70.4 cm³/mol. The molecule has 0 bridgehead atoms. The van der Waals surface area contributed by atoms with E-state index in [0.29, 0.717) is 16.5 Å². The molecule has 0 unspecified atom stereocenters. The summed E-state index contributed by atoms with van der Waals surface area (Å²) in [5.74, 6) is -0.00264. The summed E-state index contributed by atoms with van der Waals surface area (Å²) >= 11 is 3.35. The van der Waals surface area contributed by atoms with E-state index in [1.54, 1.807) is 0 Å². The van der Waals surface area contributed by atoms with Crippen molar-refractivity contribution in [3.8, 4) is 17.2 Å². The molecule has 0 spiro atoms. The number of nitriles is 1. The topological polar surface area (TPSA) is 40.9 Å². The molecule has 2 rings (SSSR count). The van der Waals surface area contributed by atoms with Crippen molar-refractivity contribution in [3.63, 3.8) is 0 Å². The summed E-state index contributed by atoms with van der Waals surface area (Å²) in [7, 11) is 0. The molecule has 0 aromatic rings. The third-order valence-electron chi connectivity index (χ3n) is 2.78. The number of hydrogen-bond acceptors (Lipinski definition) is 2. The van der Waals surface area contributed by atoms with Gasteiger partial charge in [0.2, 0.25) is 0 Å². The maximum atomic E-state index is 11.7. The van der Waals surface area contributed by atoms with Crippen molar-refractivity contribution in [2.75, 3.05) is 0 Å². The van der Waals surface area contributed by atoms with Gasteiger partial charge in [0.1, 0.15) is 6.07 Å². The van der Waals surface area contributed by atoms with Gasteiger partial charge in [-0.3, -0.25) is 4.79 Å². The highest BCUT2D eigenvalue weighted by Crippen LogP contribution is 2.37. The number of carbonyl (C=O) groups excluding carboxylic acids is 1. The Balaban J connectivity index is 2.92. The van der Waals surface area contributed by atoms with Crippen molar-refractivity contribution < 1.29 is 4.79 Å². The third kappa shape index (κ3) is 1.85. The molecule has 0 saturated carbocycles. The van der Waals surface area contributed by atoms with Crippen molar-refractivity contribution >= 4 is 21.7 Å². The second-order valence-corrected chi connectivity index (χ2v) is 4.33. The van der Waals surface area contributed by atoms with Crippen LogP contribution < -0.4 is 0 Å². The van der Waals surface area contributed by atoms with Gasteiger partial charge in [-0.2, -0.15) is 5.26 Å². The second-order valence-electron chi connectivity index (χ2n) is 3.77. The minimum Gasteiger partial charge on any atom is -0.294 e. The predicted octanol–water partition coefficient (Wildman–Crippen LogP) is 3.76. The number of fused-ring (bicyclic) bond motifs is 1. The summed E-state index contributed by atoms with van der Waals surface area (Å²) < 4.78 is 0. The smallest absolute Gasteiger partial charge is 0.160 e. The lowest BCUT2D eigenvalue weighted by molar-refractivity contribution is 0.101. The largest absolute Gasteiger partial charge is 0.294 e. The van der Waals surface area contributed by atoms with Gasteiger partial charge >= 0.3 is 0 Å². The molecule has 0 aliphatic heterocycles. The van der Waals surface area contributed by atoms with Crippen LogP contribution in [0.1, 0.15) is 28.4 Å². The molecule has 0 heterocycles. The van der Waals surface area contributed by atoms with Crippen LogP contribution in [0.15, 0.2) is 30.3 Å². The lowest BCUT2D eigenvalue weighted by Gasteiger charge is -1.98. The first-order chi connectivity index (χ1) is 8.20. The van der Waals surface area contributed by atoms with E-state index in [0.717, 1.165) is 16.7 Å². The maximum Gasteiger partial charge on any atom is 0.160 e. The van der Waals surface area contributed by atoms with Crippen LogP contribution in [0.3, 0.4) is 0 Å². The van der Waals surface area contributed by atoms with Crippen molar-refractivity contribution in [1.82, 2.24) is 0 Å². The van der Waals surface area contributed by atoms with Gasteiger partial charge in [0.25, 0.3) is 0 Å². The molecule has 17 heavy (non-hydrogen) atoms. The Morgan fingerprint density at radius 1 is 1.29 bits per heavy atom. The molecule has 0 aromatic heterocycles. The van der Waals surface area contributed by atoms with E-state index in [2.05, 4.69) is 22.0 Å². The standard InChI is InChI=1S/C14H10BrNO/c1-9(17)14-11-6-4-2-3-5-10(11)13(8-16)12(14)7-15/h2-6H,7H2,1H3. The highest BCUT2D eigenvalue weighted by molar-refractivity contribution is 9.08. The van der Waals surface area contributed by atoms with Crippen LogP contribution in [-0.4, -0.2) is 5.78 Å². The lowest BCUT2D eigenvalue weighted by atomic mass is 10.1. The number of hydrogen-bond donors (Lipinski definition) is 0. The SMILES string of the molecule is CC(=O)c1c2cccccc-2c(C#N)c1CBr. The minimum atomic E-state index is -0.00264. The second kappa shape index (κ2) is 4.68. The Morgan fingerprint density at radius 2 is 1.94 bits per heavy atom. The van der Waals surface area contributed by atoms with E-state index >= 15 is 0 Å². The van der Waals surface area contributed by atoms with Gasteiger partial charge in [0.05, 0.1) is 5.56 Å². The zero-order valence-corrected chi connectivity index (χ0v) is 10.9. The van der Waals surface area contributed by atoms with Crippen LogP contribution in [0.25, 0.3) is 11.1 Å². The molecule has 0 fully saturated rings. The Morgan fingerprint density at radius 3 is 2.47 bits per heavy atom. The fourth-order valence-electron chi connectivity index (χ4n) is 2.10. The number of alkyl halides is 1. The molecule has 0 aromatic carbocycles. The molecule has 2 nitrogen and oxygen atoms in total. The van der Waals surface area contributed by atoms with Gasteiger partial charge in [-0.15, -0.1) is 0 Å². The number of ketones is 1. The normalized spacial score (nSPS) is 10.2. The number of halogens is 1. The van der Waals surface area contributed by atoms with E-state index in [-0.39, 0.29) is 5.78 Å². The summed E-state index contributed by atoms with van der Waals surface area (Å²) in [5, 5.41) is 9.76. The van der Waals surface area contributed by atoms with Gasteiger partial charge in [-0.25, -0.2) is 0 Å². The van der Waals surface area contributed by atoms with E-state index in [9.17, 15) is 10.1 Å². The summed E-state index contributed by atoms with van der Waals surface area (Å²) in [6.07, 6.45) is 0. The molecule has 3 heteroatoms. The molecular weight excluding hydrogens is 278 g/mol. The van der Waals surface area contributed by atoms with Crippen molar-refractivity contribution in [3.05, 3.63) is 47.0 Å². The maximum absolute atomic E-state index is 11.7. The molecular formula is C14H10BrNO. The number of Topliss-reactive ketones (excluding diaryl/α,β-unsaturated/α-hetero) is 1. The molecule has 0 saturated heterocycles. The Kier molecular flexibility index (Phi) is 3.26. The van der Waals surface area contributed by atoms with Crippen LogP contribution in [0, 0.1) is 11.3 Å². The average Bonchev–Trinajstić information content (AvgIpc) is 2.46. The van der Waals surface area contributed by atoms with E-state index in [1.807, 2.05) is 30.3 Å². The van der Waals surface area contributed by atoms with E-state index in [4.69, 9.17) is 0 Å². The fourth-order valence-corrected chi connectivity index (χ4v) is 2.66. The van der Waals surface area contributed by atoms with E-state index in [1.165, 1.54) is 6.92 Å². The van der Waals surface area contributed by atoms with Gasteiger partial charge < -0.3 is 0 Å². The molecule has 2 aliphatic carbocycles. The van der Waals surface area contributed by atoms with Gasteiger partial charge in [0.15, 0.2) is 5.78 Å². The van der Waals surface area contributed by atoms with Crippen molar-refractivity contribution in [1.29, 1.82) is 5.26 Å². The molecule has 84 valence electrons. The Bertz CT molecular complexity index is 598. The molecule has 0 N–H and O–H groups in total. The van der Waals surface area contributed by atoms with E-state index < -0.39 is 0 Å². The first-order valence-corrected chi connectivity index (χ1v) is 6.33. The quantitative estimate of drug-likeness (QED) is 0.623. The first-order valence-electron chi connectivity index (χ1n) is 5.21. The van der Waals surface area contributed by atoms with Crippen LogP contribution in [0.2, 0.25) is 0 Å². The molecule has 0 radical (unpaired) electrons. The Labute approximate surface area is 108 Å². The summed E-state index contributed by atoms with van der Waals surface area (Å²) in [4.78, 5) is 11.7. The highest BCUT2D eigenvalue weighted by Gasteiger charge is 2.23. The Hall–Kier alpha value is -1.66. The number of rotatable bonds is 2. The fraction of sp³-hybridized carbons (Fsp3) is 0.143. The van der Waals surface area contributed by atoms with Crippen LogP contribution in [0.5, 0.6) is 0 Å². The van der Waals surface area contributed by atoms with Crippen LogP contribution in [0.4, 0.5) is 0 Å². The number of carbonyl (C=O) groups is 1. The number of nitrogens with zero attached hydrogens (tertiary/aromatic N) is 1. The molecule has 0 atom stereocenters. The zero-order valence-electron chi connectivity index (χ0n) is 9.33. The summed E-state index contributed by atoms with van der Waals surface area (Å²) in [6, 6.07) is 11.6. The summed E-state index contributed by atoms with van der Waals surface area (Å²) in [5.41, 5.74) is 3.75. The minimum absolute atomic E-state index is 0.00264. The van der Waals surface area contributed by atoms with Gasteiger partial charge in [0, 0.05) is 16.5 Å². The first kappa shape index (κ1) is 11.8. The molecule has 0 amide bonds. The van der Waals surface area contributed by atoms with Crippen molar-refractivity contribution in [2.45, 2.75) is 12.3 Å². The third-order valence-corrected chi connectivity index (χ3v) is 3.34. The van der Waals surface area contributed by atoms with Crippen LogP contribution >= 0.6 is 15.9 Å². The summed E-state index contributed by atoms with van der Waals surface area (Å²) in [6.45, 7) is 1.54.